The Morgan fingerprint density at radius 2 is 2.00 bits per heavy atom. The van der Waals surface area contributed by atoms with Crippen LogP contribution >= 0.6 is 0 Å². The summed E-state index contributed by atoms with van der Waals surface area (Å²) >= 11 is 0. The zero-order valence-electron chi connectivity index (χ0n) is 14.2. The van der Waals surface area contributed by atoms with Crippen molar-refractivity contribution in [3.05, 3.63) is 23.8 Å². The third-order valence-electron chi connectivity index (χ3n) is 7.02. The lowest BCUT2D eigenvalue weighted by Crippen LogP contribution is -2.50. The Morgan fingerprint density at radius 3 is 2.67 bits per heavy atom. The average molecular weight is 288 g/mol. The van der Waals surface area contributed by atoms with Crippen molar-refractivity contribution >= 4 is 0 Å². The van der Waals surface area contributed by atoms with E-state index in [1.54, 1.807) is 5.57 Å². The lowest BCUT2D eigenvalue weighted by Gasteiger charge is -2.57. The number of hydrogen-bond donors (Lipinski definition) is 1. The van der Waals surface area contributed by atoms with Gasteiger partial charge in [0.25, 0.3) is 0 Å². The summed E-state index contributed by atoms with van der Waals surface area (Å²) < 4.78 is 0. The topological polar surface area (TPSA) is 20.2 Å². The molecule has 3 aliphatic rings. The molecule has 3 aliphatic carbocycles. The van der Waals surface area contributed by atoms with Crippen molar-refractivity contribution in [2.45, 2.75) is 59.8 Å². The van der Waals surface area contributed by atoms with Crippen molar-refractivity contribution in [2.24, 2.45) is 34.5 Å². The molecule has 0 unspecified atom stereocenters. The zero-order valence-corrected chi connectivity index (χ0v) is 14.2. The van der Waals surface area contributed by atoms with Gasteiger partial charge in [0.2, 0.25) is 0 Å². The highest BCUT2D eigenvalue weighted by atomic mass is 16.3. The largest absolute Gasteiger partial charge is 0.396 e. The van der Waals surface area contributed by atoms with E-state index in [0.29, 0.717) is 23.9 Å². The zero-order chi connectivity index (χ0) is 15.3. The second-order valence-electron chi connectivity index (χ2n) is 8.71. The molecule has 1 saturated carbocycles. The number of hydrogen-bond acceptors (Lipinski definition) is 1. The number of aliphatic hydroxyl groups is 1. The summed E-state index contributed by atoms with van der Waals surface area (Å²) in [6.45, 7) is 9.83. The summed E-state index contributed by atoms with van der Waals surface area (Å²) in [7, 11) is 0. The maximum Gasteiger partial charge on any atom is 0.0490 e. The second kappa shape index (κ2) is 5.26. The van der Waals surface area contributed by atoms with Crippen LogP contribution in [0.15, 0.2) is 23.8 Å². The van der Waals surface area contributed by atoms with E-state index in [2.05, 4.69) is 45.9 Å². The lowest BCUT2D eigenvalue weighted by molar-refractivity contribution is -0.0496. The Labute approximate surface area is 130 Å². The van der Waals surface area contributed by atoms with Gasteiger partial charge < -0.3 is 5.11 Å². The SMILES string of the molecule is CC(C)[C@H]1C=C2C=C[C@H]3[C@](C)(CO)CCC[C@]3(C)[C@H]2CC1. The van der Waals surface area contributed by atoms with Crippen LogP contribution in [-0.2, 0) is 0 Å². The van der Waals surface area contributed by atoms with E-state index < -0.39 is 0 Å². The molecule has 0 heterocycles. The Hall–Kier alpha value is -0.560. The van der Waals surface area contributed by atoms with Gasteiger partial charge >= 0.3 is 0 Å². The van der Waals surface area contributed by atoms with Crippen molar-refractivity contribution in [2.75, 3.05) is 6.61 Å². The van der Waals surface area contributed by atoms with Gasteiger partial charge in [-0.25, -0.2) is 0 Å². The Kier molecular flexibility index (Phi) is 3.84. The molecular weight excluding hydrogens is 256 g/mol. The first-order valence-electron chi connectivity index (χ1n) is 8.91. The number of allylic oxidation sites excluding steroid dienone is 4. The van der Waals surface area contributed by atoms with Gasteiger partial charge in [0.15, 0.2) is 0 Å². The standard InChI is InChI=1S/C20H32O/c1-14(2)15-6-8-17-16(12-15)7-9-18-19(3,13-21)10-5-11-20(17,18)4/h7,9,12,14-15,17-18,21H,5-6,8,10-11,13H2,1-4H3/t15-,17+,18+,19+,20-/m1/s1. The van der Waals surface area contributed by atoms with Crippen LogP contribution in [0.2, 0.25) is 0 Å². The van der Waals surface area contributed by atoms with Crippen LogP contribution in [-0.4, -0.2) is 11.7 Å². The third kappa shape index (κ3) is 2.32. The van der Waals surface area contributed by atoms with Gasteiger partial charge in [0.05, 0.1) is 0 Å². The van der Waals surface area contributed by atoms with Crippen molar-refractivity contribution < 1.29 is 5.11 Å². The molecule has 1 heteroatoms. The summed E-state index contributed by atoms with van der Waals surface area (Å²) in [5, 5.41) is 9.97. The van der Waals surface area contributed by atoms with Crippen LogP contribution in [0.5, 0.6) is 0 Å². The minimum atomic E-state index is 0.0872. The molecule has 0 bridgehead atoms. The summed E-state index contributed by atoms with van der Waals surface area (Å²) in [6.07, 6.45) is 13.9. The van der Waals surface area contributed by atoms with Crippen molar-refractivity contribution in [3.63, 3.8) is 0 Å². The van der Waals surface area contributed by atoms with E-state index in [9.17, 15) is 5.11 Å². The molecule has 0 aliphatic heterocycles. The van der Waals surface area contributed by atoms with E-state index in [-0.39, 0.29) is 5.41 Å². The van der Waals surface area contributed by atoms with Gasteiger partial charge in [0.1, 0.15) is 0 Å². The molecule has 5 atom stereocenters. The molecule has 0 aromatic carbocycles. The summed E-state index contributed by atoms with van der Waals surface area (Å²) in [5.74, 6) is 2.77. The molecular formula is C20H32O. The van der Waals surface area contributed by atoms with Crippen molar-refractivity contribution in [1.82, 2.24) is 0 Å². The van der Waals surface area contributed by atoms with Gasteiger partial charge in [-0.3, -0.25) is 0 Å². The van der Waals surface area contributed by atoms with Crippen LogP contribution in [0.1, 0.15) is 59.8 Å². The van der Waals surface area contributed by atoms with Crippen LogP contribution in [0.3, 0.4) is 0 Å². The van der Waals surface area contributed by atoms with E-state index in [4.69, 9.17) is 0 Å². The van der Waals surface area contributed by atoms with E-state index in [1.807, 2.05) is 0 Å². The van der Waals surface area contributed by atoms with Crippen LogP contribution < -0.4 is 0 Å². The summed E-state index contributed by atoms with van der Waals surface area (Å²) in [5.41, 5.74) is 2.04. The fourth-order valence-corrected chi connectivity index (χ4v) is 5.59. The molecule has 0 spiro atoms. The fraction of sp³-hybridized carbons (Fsp3) is 0.800. The summed E-state index contributed by atoms with van der Waals surface area (Å²) in [4.78, 5) is 0. The molecule has 0 aromatic rings. The maximum atomic E-state index is 9.97. The number of aliphatic hydroxyl groups excluding tert-OH is 1. The molecule has 118 valence electrons. The van der Waals surface area contributed by atoms with E-state index in [0.717, 1.165) is 11.8 Å². The maximum absolute atomic E-state index is 9.97. The van der Waals surface area contributed by atoms with E-state index in [1.165, 1.54) is 32.1 Å². The molecule has 0 radical (unpaired) electrons. The Bertz CT molecular complexity index is 460. The second-order valence-corrected chi connectivity index (χ2v) is 8.71. The quantitative estimate of drug-likeness (QED) is 0.760. The molecule has 1 fully saturated rings. The van der Waals surface area contributed by atoms with Crippen molar-refractivity contribution in [1.29, 1.82) is 0 Å². The molecule has 1 N–H and O–H groups in total. The first kappa shape index (κ1) is 15.3. The minimum Gasteiger partial charge on any atom is -0.396 e. The molecule has 0 aromatic heterocycles. The third-order valence-corrected chi connectivity index (χ3v) is 7.02. The number of rotatable bonds is 2. The van der Waals surface area contributed by atoms with Gasteiger partial charge in [-0.1, -0.05) is 52.3 Å². The highest BCUT2D eigenvalue weighted by Gasteiger charge is 2.53. The highest BCUT2D eigenvalue weighted by molar-refractivity contribution is 5.34. The van der Waals surface area contributed by atoms with Gasteiger partial charge in [-0.15, -0.1) is 0 Å². The monoisotopic (exact) mass is 288 g/mol. The molecule has 0 saturated heterocycles. The van der Waals surface area contributed by atoms with Gasteiger partial charge in [-0.2, -0.15) is 0 Å². The van der Waals surface area contributed by atoms with E-state index >= 15 is 0 Å². The Morgan fingerprint density at radius 1 is 1.24 bits per heavy atom. The van der Waals surface area contributed by atoms with Crippen molar-refractivity contribution in [3.8, 4) is 0 Å². The summed E-state index contributed by atoms with van der Waals surface area (Å²) in [6, 6.07) is 0. The average Bonchev–Trinajstić information content (AvgIpc) is 2.46. The molecule has 1 nitrogen and oxygen atoms in total. The molecule has 3 rings (SSSR count). The Balaban J connectivity index is 1.98. The fourth-order valence-electron chi connectivity index (χ4n) is 5.59. The number of fused-ring (bicyclic) bond motifs is 3. The van der Waals surface area contributed by atoms with Crippen LogP contribution in [0.25, 0.3) is 0 Å². The minimum absolute atomic E-state index is 0.0872. The van der Waals surface area contributed by atoms with Crippen LogP contribution in [0, 0.1) is 34.5 Å². The normalized spacial score (nSPS) is 46.0. The van der Waals surface area contributed by atoms with Crippen LogP contribution in [0.4, 0.5) is 0 Å². The molecule has 0 amide bonds. The smallest absolute Gasteiger partial charge is 0.0490 e. The predicted octanol–water partition coefficient (Wildman–Crippen LogP) is 4.97. The molecule has 21 heavy (non-hydrogen) atoms. The first-order valence-corrected chi connectivity index (χ1v) is 8.91. The predicted molar refractivity (Wildman–Crippen MR) is 88.9 cm³/mol. The first-order chi connectivity index (χ1) is 9.90. The van der Waals surface area contributed by atoms with Gasteiger partial charge in [-0.05, 0) is 65.8 Å². The highest BCUT2D eigenvalue weighted by Crippen LogP contribution is 2.61. The lowest BCUT2D eigenvalue weighted by atomic mass is 9.47. The van der Waals surface area contributed by atoms with Gasteiger partial charge in [0, 0.05) is 6.61 Å².